The summed E-state index contributed by atoms with van der Waals surface area (Å²) in [5, 5.41) is 3.95. The number of nitrogens with zero attached hydrogens (tertiary/aromatic N) is 1. The van der Waals surface area contributed by atoms with Crippen LogP contribution in [0.4, 0.5) is 0 Å². The highest BCUT2D eigenvalue weighted by atomic mass is 32.2. The average Bonchev–Trinajstić information content (AvgIpc) is 2.57. The number of benzene rings is 1. The Balaban J connectivity index is 2.31. The molecule has 0 radical (unpaired) electrons. The zero-order valence-corrected chi connectivity index (χ0v) is 16.9. The molecule has 146 valence electrons. The van der Waals surface area contributed by atoms with Gasteiger partial charge in [0.2, 0.25) is 15.9 Å². The number of nitrogens with one attached hydrogen (secondary N) is 2. The van der Waals surface area contributed by atoms with Gasteiger partial charge in [-0.3, -0.25) is 9.69 Å². The molecule has 0 saturated carbocycles. The van der Waals surface area contributed by atoms with Crippen molar-refractivity contribution in [2.75, 3.05) is 19.6 Å². The Labute approximate surface area is 157 Å². The lowest BCUT2D eigenvalue weighted by Gasteiger charge is -2.30. The van der Waals surface area contributed by atoms with Crippen LogP contribution in [-0.2, 0) is 14.8 Å². The summed E-state index contributed by atoms with van der Waals surface area (Å²) in [7, 11) is -3.55. The van der Waals surface area contributed by atoms with E-state index in [2.05, 4.69) is 42.6 Å². The standard InChI is InChI=1S/C19H31N3O3S/c1-16(2)22(17(3)4)14-13-20-19(23)10-12-21-26(24,25)15-11-18-8-6-5-7-9-18/h5-9,11,15-17,21H,10,12-14H2,1-4H3,(H,20,23)/b15-11+. The van der Waals surface area contributed by atoms with Crippen LogP contribution < -0.4 is 10.0 Å². The molecule has 0 saturated heterocycles. The Morgan fingerprint density at radius 2 is 1.69 bits per heavy atom. The molecule has 0 heterocycles. The van der Waals surface area contributed by atoms with Crippen LogP contribution in [0, 0.1) is 0 Å². The Hall–Kier alpha value is -1.70. The minimum Gasteiger partial charge on any atom is -0.355 e. The van der Waals surface area contributed by atoms with E-state index in [-0.39, 0.29) is 18.9 Å². The summed E-state index contributed by atoms with van der Waals surface area (Å²) >= 11 is 0. The van der Waals surface area contributed by atoms with Gasteiger partial charge < -0.3 is 5.32 Å². The number of hydrogen-bond donors (Lipinski definition) is 2. The predicted octanol–water partition coefficient (Wildman–Crippen LogP) is 2.20. The predicted molar refractivity (Wildman–Crippen MR) is 107 cm³/mol. The van der Waals surface area contributed by atoms with Gasteiger partial charge in [0.1, 0.15) is 0 Å². The first-order chi connectivity index (χ1) is 12.2. The summed E-state index contributed by atoms with van der Waals surface area (Å²) in [5.74, 6) is -0.160. The summed E-state index contributed by atoms with van der Waals surface area (Å²) in [6, 6.07) is 10.00. The molecule has 6 nitrogen and oxygen atoms in total. The lowest BCUT2D eigenvalue weighted by molar-refractivity contribution is -0.121. The van der Waals surface area contributed by atoms with Gasteiger partial charge in [-0.15, -0.1) is 0 Å². The molecule has 0 unspecified atom stereocenters. The third kappa shape index (κ3) is 9.12. The molecule has 0 fully saturated rings. The molecule has 0 aliphatic rings. The van der Waals surface area contributed by atoms with Crippen molar-refractivity contribution in [1.29, 1.82) is 0 Å². The van der Waals surface area contributed by atoms with Crippen LogP contribution in [0.15, 0.2) is 35.7 Å². The highest BCUT2D eigenvalue weighted by Crippen LogP contribution is 2.04. The lowest BCUT2D eigenvalue weighted by atomic mass is 10.2. The Bertz CT molecular complexity index is 663. The summed E-state index contributed by atoms with van der Waals surface area (Å²) in [4.78, 5) is 14.1. The second-order valence-corrected chi connectivity index (χ2v) is 8.33. The van der Waals surface area contributed by atoms with Crippen molar-refractivity contribution >= 4 is 22.0 Å². The maximum absolute atomic E-state index is 11.9. The zero-order valence-electron chi connectivity index (χ0n) is 16.1. The zero-order chi connectivity index (χ0) is 19.6. The SMILES string of the molecule is CC(C)N(CCNC(=O)CCNS(=O)(=O)/C=C/c1ccccc1)C(C)C. The Morgan fingerprint density at radius 3 is 2.27 bits per heavy atom. The van der Waals surface area contributed by atoms with Crippen LogP contribution in [0.2, 0.25) is 0 Å². The van der Waals surface area contributed by atoms with E-state index in [4.69, 9.17) is 0 Å². The van der Waals surface area contributed by atoms with Crippen molar-refractivity contribution in [1.82, 2.24) is 14.9 Å². The summed E-state index contributed by atoms with van der Waals surface area (Å²) < 4.78 is 26.2. The van der Waals surface area contributed by atoms with Crippen LogP contribution in [0.3, 0.4) is 0 Å². The van der Waals surface area contributed by atoms with Crippen molar-refractivity contribution in [3.8, 4) is 0 Å². The molecule has 1 aromatic rings. The van der Waals surface area contributed by atoms with Crippen LogP contribution in [0.25, 0.3) is 6.08 Å². The first-order valence-electron chi connectivity index (χ1n) is 8.96. The second kappa shape index (κ2) is 11.1. The maximum Gasteiger partial charge on any atom is 0.233 e. The minimum atomic E-state index is -3.55. The first-order valence-corrected chi connectivity index (χ1v) is 10.5. The molecule has 2 N–H and O–H groups in total. The van der Waals surface area contributed by atoms with Crippen LogP contribution in [0.1, 0.15) is 39.7 Å². The van der Waals surface area contributed by atoms with Crippen LogP contribution >= 0.6 is 0 Å². The molecule has 0 aromatic heterocycles. The van der Waals surface area contributed by atoms with Crippen molar-refractivity contribution < 1.29 is 13.2 Å². The van der Waals surface area contributed by atoms with Crippen molar-refractivity contribution in [2.24, 2.45) is 0 Å². The first kappa shape index (κ1) is 22.3. The quantitative estimate of drug-likeness (QED) is 0.616. The molecule has 0 spiro atoms. The van der Waals surface area contributed by atoms with E-state index < -0.39 is 10.0 Å². The van der Waals surface area contributed by atoms with E-state index in [9.17, 15) is 13.2 Å². The van der Waals surface area contributed by atoms with Gasteiger partial charge in [0, 0.05) is 43.5 Å². The van der Waals surface area contributed by atoms with Gasteiger partial charge in [-0.1, -0.05) is 30.3 Å². The van der Waals surface area contributed by atoms with E-state index in [0.29, 0.717) is 18.6 Å². The summed E-state index contributed by atoms with van der Waals surface area (Å²) in [6.45, 7) is 9.89. The van der Waals surface area contributed by atoms with E-state index in [1.807, 2.05) is 30.3 Å². The fraction of sp³-hybridized carbons (Fsp3) is 0.526. The van der Waals surface area contributed by atoms with Crippen molar-refractivity contribution in [2.45, 2.75) is 46.2 Å². The van der Waals surface area contributed by atoms with Crippen molar-refractivity contribution in [3.63, 3.8) is 0 Å². The van der Waals surface area contributed by atoms with Crippen molar-refractivity contribution in [3.05, 3.63) is 41.3 Å². The highest BCUT2D eigenvalue weighted by molar-refractivity contribution is 7.92. The van der Waals surface area contributed by atoms with Gasteiger partial charge in [0.15, 0.2) is 0 Å². The summed E-state index contributed by atoms with van der Waals surface area (Å²) in [5.41, 5.74) is 0.801. The number of carbonyl (C=O) groups is 1. The average molecular weight is 382 g/mol. The van der Waals surface area contributed by atoms with E-state index >= 15 is 0 Å². The Kier molecular flexibility index (Phi) is 9.54. The Morgan fingerprint density at radius 1 is 1.08 bits per heavy atom. The molecule has 0 bridgehead atoms. The highest BCUT2D eigenvalue weighted by Gasteiger charge is 2.13. The number of hydrogen-bond acceptors (Lipinski definition) is 4. The third-order valence-electron chi connectivity index (χ3n) is 3.91. The number of amides is 1. The van der Waals surface area contributed by atoms with Gasteiger partial charge in [-0.05, 0) is 39.3 Å². The fourth-order valence-electron chi connectivity index (χ4n) is 2.61. The number of rotatable bonds is 11. The van der Waals surface area contributed by atoms with Crippen LogP contribution in [-0.4, -0.2) is 50.9 Å². The van der Waals surface area contributed by atoms with Gasteiger partial charge in [0.05, 0.1) is 0 Å². The van der Waals surface area contributed by atoms with Gasteiger partial charge in [-0.2, -0.15) is 0 Å². The monoisotopic (exact) mass is 381 g/mol. The minimum absolute atomic E-state index is 0.0748. The molecule has 1 rings (SSSR count). The molecule has 26 heavy (non-hydrogen) atoms. The van der Waals surface area contributed by atoms with E-state index in [1.54, 1.807) is 0 Å². The van der Waals surface area contributed by atoms with Gasteiger partial charge in [0.25, 0.3) is 0 Å². The maximum atomic E-state index is 11.9. The van der Waals surface area contributed by atoms with Crippen LogP contribution in [0.5, 0.6) is 0 Å². The largest absolute Gasteiger partial charge is 0.355 e. The van der Waals surface area contributed by atoms with E-state index in [1.165, 1.54) is 6.08 Å². The molecular formula is C19H31N3O3S. The molecule has 1 amide bonds. The molecule has 1 aromatic carbocycles. The van der Waals surface area contributed by atoms with Gasteiger partial charge >= 0.3 is 0 Å². The smallest absolute Gasteiger partial charge is 0.233 e. The molecule has 0 aliphatic carbocycles. The normalized spacial score (nSPS) is 12.4. The molecule has 0 aliphatic heterocycles. The molecule has 7 heteroatoms. The molecular weight excluding hydrogens is 350 g/mol. The summed E-state index contributed by atoms with van der Waals surface area (Å²) in [6.07, 6.45) is 1.64. The molecule has 0 atom stereocenters. The lowest BCUT2D eigenvalue weighted by Crippen LogP contribution is -2.42. The second-order valence-electron chi connectivity index (χ2n) is 6.68. The van der Waals surface area contributed by atoms with Gasteiger partial charge in [-0.25, -0.2) is 13.1 Å². The fourth-order valence-corrected chi connectivity index (χ4v) is 3.43. The topological polar surface area (TPSA) is 78.5 Å². The number of carbonyl (C=O) groups excluding carboxylic acids is 1. The number of sulfonamides is 1. The third-order valence-corrected chi connectivity index (χ3v) is 5.01. The van der Waals surface area contributed by atoms with E-state index in [0.717, 1.165) is 17.5 Å².